The molecule has 2 saturated heterocycles. The first-order chi connectivity index (χ1) is 11.8. The molecule has 128 valence electrons. The van der Waals surface area contributed by atoms with Crippen LogP contribution < -0.4 is 5.32 Å². The Morgan fingerprint density at radius 1 is 1.17 bits per heavy atom. The van der Waals surface area contributed by atoms with Gasteiger partial charge < -0.3 is 9.73 Å². The third kappa shape index (κ3) is 3.53. The van der Waals surface area contributed by atoms with Crippen molar-refractivity contribution >= 4 is 0 Å². The van der Waals surface area contributed by atoms with E-state index in [1.165, 1.54) is 18.5 Å². The van der Waals surface area contributed by atoms with Gasteiger partial charge in [0.1, 0.15) is 6.26 Å². The van der Waals surface area contributed by atoms with E-state index in [0.29, 0.717) is 0 Å². The molecule has 0 saturated carbocycles. The zero-order chi connectivity index (χ0) is 16.4. The molecule has 1 aromatic heterocycles. The minimum absolute atomic E-state index is 0.723. The van der Waals surface area contributed by atoms with E-state index in [1.54, 1.807) is 0 Å². The molecule has 0 aliphatic carbocycles. The van der Waals surface area contributed by atoms with Crippen LogP contribution in [-0.4, -0.2) is 60.1 Å². The van der Waals surface area contributed by atoms with Crippen LogP contribution in [-0.2, 0) is 6.54 Å². The molecule has 0 amide bonds. The second-order valence-electron chi connectivity index (χ2n) is 6.97. The summed E-state index contributed by atoms with van der Waals surface area (Å²) in [5.74, 6) is 0.723. The summed E-state index contributed by atoms with van der Waals surface area (Å²) < 4.78 is 5.68. The Balaban J connectivity index is 1.32. The van der Waals surface area contributed by atoms with Gasteiger partial charge in [0.15, 0.2) is 0 Å². The number of rotatable bonds is 4. The lowest BCUT2D eigenvalue weighted by Crippen LogP contribution is -2.50. The Kier molecular flexibility index (Phi) is 4.65. The average Bonchev–Trinajstić information content (AvgIpc) is 3.28. The molecule has 1 aromatic carbocycles. The van der Waals surface area contributed by atoms with Gasteiger partial charge in [-0.3, -0.25) is 9.80 Å². The number of nitrogens with one attached hydrogen (secondary N) is 1. The summed E-state index contributed by atoms with van der Waals surface area (Å²) in [5.41, 5.74) is 3.33. The number of aromatic nitrogens is 1. The highest BCUT2D eigenvalue weighted by molar-refractivity contribution is 5.53. The van der Waals surface area contributed by atoms with E-state index in [4.69, 9.17) is 4.42 Å². The van der Waals surface area contributed by atoms with Gasteiger partial charge in [-0.05, 0) is 32.0 Å². The van der Waals surface area contributed by atoms with Crippen molar-refractivity contribution in [2.45, 2.75) is 25.9 Å². The van der Waals surface area contributed by atoms with Crippen LogP contribution in [0.15, 0.2) is 34.9 Å². The zero-order valence-electron chi connectivity index (χ0n) is 14.4. The van der Waals surface area contributed by atoms with Gasteiger partial charge in [-0.25, -0.2) is 4.98 Å². The zero-order valence-corrected chi connectivity index (χ0v) is 14.4. The highest BCUT2D eigenvalue weighted by Gasteiger charge is 2.26. The number of hydrogen-bond acceptors (Lipinski definition) is 5. The van der Waals surface area contributed by atoms with Gasteiger partial charge in [-0.2, -0.15) is 0 Å². The highest BCUT2D eigenvalue weighted by Crippen LogP contribution is 2.20. The van der Waals surface area contributed by atoms with Gasteiger partial charge in [-0.15, -0.1) is 0 Å². The van der Waals surface area contributed by atoms with Gasteiger partial charge in [0.2, 0.25) is 5.89 Å². The van der Waals surface area contributed by atoms with Crippen LogP contribution >= 0.6 is 0 Å². The lowest BCUT2D eigenvalue weighted by molar-refractivity contribution is 0.0973. The van der Waals surface area contributed by atoms with Gasteiger partial charge in [0.05, 0.1) is 5.69 Å². The maximum atomic E-state index is 5.68. The van der Waals surface area contributed by atoms with Crippen molar-refractivity contribution in [3.8, 4) is 11.5 Å². The van der Waals surface area contributed by atoms with E-state index in [9.17, 15) is 0 Å². The van der Waals surface area contributed by atoms with Crippen LogP contribution in [0.2, 0.25) is 0 Å². The molecule has 5 nitrogen and oxygen atoms in total. The lowest BCUT2D eigenvalue weighted by atomic mass is 10.1. The average molecular weight is 326 g/mol. The van der Waals surface area contributed by atoms with E-state index < -0.39 is 0 Å². The molecule has 2 fully saturated rings. The Morgan fingerprint density at radius 3 is 2.67 bits per heavy atom. The predicted octanol–water partition coefficient (Wildman–Crippen LogP) is 2.13. The molecule has 2 aliphatic rings. The summed E-state index contributed by atoms with van der Waals surface area (Å²) in [5, 5.41) is 3.46. The minimum atomic E-state index is 0.723. The third-order valence-corrected chi connectivity index (χ3v) is 5.19. The molecule has 1 atom stereocenters. The fraction of sp³-hybridized carbons (Fsp3) is 0.526. The number of oxazole rings is 1. The standard InChI is InChI=1S/C19H26N4O/c1-15-2-4-16(5-3-15)19-21-17(14-24-19)13-22-8-10-23(11-9-22)18-6-7-20-12-18/h2-5,14,18,20H,6-13H2,1H3. The maximum absolute atomic E-state index is 5.68. The SMILES string of the molecule is Cc1ccc(-c2nc(CN3CCN(C4CCNC4)CC3)co2)cc1. The summed E-state index contributed by atoms with van der Waals surface area (Å²) in [4.78, 5) is 9.79. The first-order valence-electron chi connectivity index (χ1n) is 8.96. The number of piperazine rings is 1. The van der Waals surface area contributed by atoms with Gasteiger partial charge in [-0.1, -0.05) is 17.7 Å². The fourth-order valence-electron chi connectivity index (χ4n) is 3.68. The monoisotopic (exact) mass is 326 g/mol. The summed E-state index contributed by atoms with van der Waals surface area (Å²) in [7, 11) is 0. The van der Waals surface area contributed by atoms with E-state index in [1.807, 2.05) is 6.26 Å². The lowest BCUT2D eigenvalue weighted by Gasteiger charge is -2.37. The largest absolute Gasteiger partial charge is 0.444 e. The first kappa shape index (κ1) is 15.8. The van der Waals surface area contributed by atoms with E-state index in [0.717, 1.165) is 62.5 Å². The number of aryl methyl sites for hydroxylation is 1. The smallest absolute Gasteiger partial charge is 0.226 e. The molecule has 5 heteroatoms. The molecule has 4 rings (SSSR count). The molecule has 1 unspecified atom stereocenters. The van der Waals surface area contributed by atoms with Crippen LogP contribution in [0.5, 0.6) is 0 Å². The van der Waals surface area contributed by atoms with Crippen molar-refractivity contribution in [3.05, 3.63) is 41.8 Å². The van der Waals surface area contributed by atoms with Crippen molar-refractivity contribution in [1.82, 2.24) is 20.1 Å². The molecule has 0 spiro atoms. The van der Waals surface area contributed by atoms with Crippen molar-refractivity contribution in [3.63, 3.8) is 0 Å². The van der Waals surface area contributed by atoms with Crippen molar-refractivity contribution in [2.75, 3.05) is 39.3 Å². The summed E-state index contributed by atoms with van der Waals surface area (Å²) in [6, 6.07) is 9.07. The van der Waals surface area contributed by atoms with E-state index in [2.05, 4.69) is 51.3 Å². The topological polar surface area (TPSA) is 44.5 Å². The molecule has 2 aromatic rings. The van der Waals surface area contributed by atoms with Crippen molar-refractivity contribution < 1.29 is 4.42 Å². The second kappa shape index (κ2) is 7.05. The van der Waals surface area contributed by atoms with Crippen molar-refractivity contribution in [1.29, 1.82) is 0 Å². The first-order valence-corrected chi connectivity index (χ1v) is 8.96. The second-order valence-corrected chi connectivity index (χ2v) is 6.97. The Labute approximate surface area is 143 Å². The minimum Gasteiger partial charge on any atom is -0.444 e. The Hall–Kier alpha value is -1.69. The number of hydrogen-bond donors (Lipinski definition) is 1. The summed E-state index contributed by atoms with van der Waals surface area (Å²) in [6.45, 7) is 9.85. The molecule has 3 heterocycles. The van der Waals surface area contributed by atoms with Crippen LogP contribution in [0.25, 0.3) is 11.5 Å². The molecular formula is C19H26N4O. The predicted molar refractivity (Wildman–Crippen MR) is 94.8 cm³/mol. The third-order valence-electron chi connectivity index (χ3n) is 5.19. The van der Waals surface area contributed by atoms with Crippen LogP contribution in [0.4, 0.5) is 0 Å². The molecule has 0 radical (unpaired) electrons. The van der Waals surface area contributed by atoms with Crippen LogP contribution in [0.3, 0.4) is 0 Å². The summed E-state index contributed by atoms with van der Waals surface area (Å²) in [6.07, 6.45) is 3.10. The Morgan fingerprint density at radius 2 is 1.96 bits per heavy atom. The molecule has 24 heavy (non-hydrogen) atoms. The molecule has 1 N–H and O–H groups in total. The van der Waals surface area contributed by atoms with E-state index in [-0.39, 0.29) is 0 Å². The normalized spacial score (nSPS) is 23.0. The fourth-order valence-corrected chi connectivity index (χ4v) is 3.68. The molecule has 0 bridgehead atoms. The van der Waals surface area contributed by atoms with Crippen molar-refractivity contribution in [2.24, 2.45) is 0 Å². The van der Waals surface area contributed by atoms with Gasteiger partial charge >= 0.3 is 0 Å². The highest BCUT2D eigenvalue weighted by atomic mass is 16.3. The maximum Gasteiger partial charge on any atom is 0.226 e. The Bertz CT molecular complexity index is 652. The number of nitrogens with zero attached hydrogens (tertiary/aromatic N) is 3. The van der Waals surface area contributed by atoms with Gasteiger partial charge in [0, 0.05) is 50.9 Å². The molecular weight excluding hydrogens is 300 g/mol. The molecule has 2 aliphatic heterocycles. The quantitative estimate of drug-likeness (QED) is 0.932. The summed E-state index contributed by atoms with van der Waals surface area (Å²) >= 11 is 0. The van der Waals surface area contributed by atoms with E-state index >= 15 is 0 Å². The van der Waals surface area contributed by atoms with Crippen LogP contribution in [0.1, 0.15) is 17.7 Å². The van der Waals surface area contributed by atoms with Gasteiger partial charge in [0.25, 0.3) is 0 Å². The van der Waals surface area contributed by atoms with Crippen LogP contribution in [0, 0.1) is 6.92 Å². The number of benzene rings is 1.